The summed E-state index contributed by atoms with van der Waals surface area (Å²) in [6, 6.07) is 2.07. The Morgan fingerprint density at radius 3 is 2.74 bits per heavy atom. The molecule has 198 valence electrons. The maximum absolute atomic E-state index is 12.5. The van der Waals surface area contributed by atoms with Crippen LogP contribution in [0.5, 0.6) is 0 Å². The first kappa shape index (κ1) is 27.3. The van der Waals surface area contributed by atoms with Crippen molar-refractivity contribution in [1.82, 2.24) is 24.6 Å². The van der Waals surface area contributed by atoms with Crippen molar-refractivity contribution in [1.29, 1.82) is 0 Å². The number of aromatic nitrogens is 4. The highest BCUT2D eigenvalue weighted by Gasteiger charge is 2.27. The van der Waals surface area contributed by atoms with E-state index in [1.54, 1.807) is 24.0 Å². The van der Waals surface area contributed by atoms with E-state index in [4.69, 9.17) is 10.2 Å². The molecule has 1 saturated heterocycles. The van der Waals surface area contributed by atoms with Crippen LogP contribution in [0, 0.1) is 5.92 Å². The first-order valence-corrected chi connectivity index (χ1v) is 13.4. The molecule has 3 aromatic heterocycles. The van der Waals surface area contributed by atoms with Crippen LogP contribution in [0.4, 0.5) is 0 Å². The number of aliphatic imine (C=N–C) groups is 1. The number of pyridine rings is 1. The second-order valence-electron chi connectivity index (χ2n) is 9.06. The fourth-order valence-electron chi connectivity index (χ4n) is 4.42. The number of piperidine rings is 1. The molecule has 0 unspecified atom stereocenters. The SMILES string of the molecule is C=Cc1ncc(-c2cnn(/C(N)=C(/Br)C(CC3CCN(C(=O)c4cnco4)CC3)=NC)c2)cc1/C=C\CC. The predicted molar refractivity (Wildman–Crippen MR) is 154 cm³/mol. The summed E-state index contributed by atoms with van der Waals surface area (Å²) in [6.45, 7) is 7.28. The number of carbonyl (C=O) groups excluding carboxylic acids is 1. The van der Waals surface area contributed by atoms with E-state index in [2.05, 4.69) is 67.7 Å². The lowest BCUT2D eigenvalue weighted by atomic mass is 9.91. The summed E-state index contributed by atoms with van der Waals surface area (Å²) in [5.41, 5.74) is 11.1. The van der Waals surface area contributed by atoms with Gasteiger partial charge in [-0.1, -0.05) is 25.7 Å². The third kappa shape index (κ3) is 6.19. The highest BCUT2D eigenvalue weighted by atomic mass is 79.9. The highest BCUT2D eigenvalue weighted by Crippen LogP contribution is 2.28. The molecule has 9 nitrogen and oxygen atoms in total. The Hall–Kier alpha value is -3.79. The molecule has 10 heteroatoms. The predicted octanol–water partition coefficient (Wildman–Crippen LogP) is 5.49. The number of nitrogens with two attached hydrogens (primary N) is 1. The van der Waals surface area contributed by atoms with Crippen LogP contribution in [0.25, 0.3) is 29.1 Å². The molecule has 1 aliphatic rings. The molecule has 3 aromatic rings. The summed E-state index contributed by atoms with van der Waals surface area (Å²) in [4.78, 5) is 27.2. The van der Waals surface area contributed by atoms with E-state index < -0.39 is 0 Å². The van der Waals surface area contributed by atoms with Crippen molar-refractivity contribution in [3.05, 3.63) is 71.4 Å². The third-order valence-electron chi connectivity index (χ3n) is 6.61. The average Bonchev–Trinajstić information content (AvgIpc) is 3.67. The first-order valence-electron chi connectivity index (χ1n) is 12.6. The lowest BCUT2D eigenvalue weighted by Gasteiger charge is -2.31. The molecule has 0 radical (unpaired) electrons. The van der Waals surface area contributed by atoms with Crippen molar-refractivity contribution in [2.45, 2.75) is 32.6 Å². The molecule has 0 aromatic carbocycles. The second kappa shape index (κ2) is 12.6. The van der Waals surface area contributed by atoms with Gasteiger partial charge in [0.1, 0.15) is 5.82 Å². The minimum Gasteiger partial charge on any atom is -0.438 e. The van der Waals surface area contributed by atoms with Gasteiger partial charge in [-0.05, 0) is 59.7 Å². The molecule has 0 spiro atoms. The van der Waals surface area contributed by atoms with Crippen LogP contribution < -0.4 is 5.73 Å². The van der Waals surface area contributed by atoms with E-state index in [1.165, 1.54) is 12.6 Å². The molecule has 2 N–H and O–H groups in total. The molecular weight excluding hydrogens is 546 g/mol. The lowest BCUT2D eigenvalue weighted by Crippen LogP contribution is -2.38. The Balaban J connectivity index is 1.44. The molecular formula is C28H32BrN7O2. The lowest BCUT2D eigenvalue weighted by molar-refractivity contribution is 0.0661. The van der Waals surface area contributed by atoms with Crippen LogP contribution in [-0.2, 0) is 0 Å². The van der Waals surface area contributed by atoms with E-state index in [1.807, 2.05) is 17.3 Å². The maximum atomic E-state index is 12.5. The standard InChI is InChI=1S/C28H32BrN7O2/c1-4-6-7-20-13-21(14-33-23(20)5-2)22-15-34-36(17-22)27(30)26(29)24(31-3)12-19-8-10-35(11-9-19)28(37)25-16-32-18-38-25/h5-7,13-19H,2,4,8-12,30H2,1,3H3/b7-6-,27-26+,31-24?. The quantitative estimate of drug-likeness (QED) is 0.336. The molecule has 0 atom stereocenters. The van der Waals surface area contributed by atoms with Crippen molar-refractivity contribution in [3.8, 4) is 11.1 Å². The molecule has 1 fully saturated rings. The van der Waals surface area contributed by atoms with Crippen LogP contribution in [0.15, 0.2) is 63.8 Å². The number of carbonyl (C=O) groups is 1. The summed E-state index contributed by atoms with van der Waals surface area (Å²) >= 11 is 3.67. The number of amides is 1. The number of oxazole rings is 1. The largest absolute Gasteiger partial charge is 0.438 e. The van der Waals surface area contributed by atoms with E-state index in [0.29, 0.717) is 29.3 Å². The number of halogens is 1. The van der Waals surface area contributed by atoms with Crippen molar-refractivity contribution < 1.29 is 9.21 Å². The molecule has 38 heavy (non-hydrogen) atoms. The Morgan fingerprint density at radius 2 is 2.08 bits per heavy atom. The molecule has 4 heterocycles. The zero-order valence-corrected chi connectivity index (χ0v) is 23.3. The number of hydrogen-bond donors (Lipinski definition) is 1. The minimum absolute atomic E-state index is 0.118. The smallest absolute Gasteiger partial charge is 0.291 e. The Labute approximate surface area is 231 Å². The fraction of sp³-hybridized carbons (Fsp3) is 0.321. The minimum atomic E-state index is -0.118. The van der Waals surface area contributed by atoms with Crippen molar-refractivity contribution in [2.24, 2.45) is 16.6 Å². The number of allylic oxidation sites excluding steroid dienone is 2. The van der Waals surface area contributed by atoms with Gasteiger partial charge in [0, 0.05) is 49.2 Å². The maximum Gasteiger partial charge on any atom is 0.291 e. The van der Waals surface area contributed by atoms with Crippen molar-refractivity contribution >= 4 is 45.5 Å². The van der Waals surface area contributed by atoms with Crippen molar-refractivity contribution in [3.63, 3.8) is 0 Å². The van der Waals surface area contributed by atoms with Gasteiger partial charge in [-0.25, -0.2) is 9.67 Å². The van der Waals surface area contributed by atoms with Crippen LogP contribution in [-0.4, -0.2) is 56.4 Å². The van der Waals surface area contributed by atoms with Gasteiger partial charge in [0.05, 0.1) is 28.3 Å². The molecule has 0 bridgehead atoms. The first-order chi connectivity index (χ1) is 18.4. The topological polar surface area (TPSA) is 115 Å². The van der Waals surface area contributed by atoms with Gasteiger partial charge in [0.25, 0.3) is 5.91 Å². The van der Waals surface area contributed by atoms with E-state index in [9.17, 15) is 4.79 Å². The van der Waals surface area contributed by atoms with Gasteiger partial charge in [0.2, 0.25) is 5.76 Å². The number of nitrogens with zero attached hydrogens (tertiary/aromatic N) is 6. The Bertz CT molecular complexity index is 1360. The number of hydrogen-bond acceptors (Lipinski definition) is 7. The molecule has 0 saturated carbocycles. The van der Waals surface area contributed by atoms with Gasteiger partial charge >= 0.3 is 0 Å². The number of rotatable bonds is 9. The normalized spacial score (nSPS) is 15.7. The molecule has 1 aliphatic heterocycles. The van der Waals surface area contributed by atoms with E-state index >= 15 is 0 Å². The van der Waals surface area contributed by atoms with Crippen LogP contribution in [0.3, 0.4) is 0 Å². The summed E-state index contributed by atoms with van der Waals surface area (Å²) in [5.74, 6) is 0.993. The molecule has 4 rings (SSSR count). The van der Waals surface area contributed by atoms with Crippen molar-refractivity contribution in [2.75, 3.05) is 20.1 Å². The summed E-state index contributed by atoms with van der Waals surface area (Å²) < 4.78 is 7.51. The zero-order valence-electron chi connectivity index (χ0n) is 21.7. The van der Waals surface area contributed by atoms with Gasteiger partial charge in [-0.3, -0.25) is 14.8 Å². The summed E-state index contributed by atoms with van der Waals surface area (Å²) in [7, 11) is 1.76. The van der Waals surface area contributed by atoms with Crippen LogP contribution >= 0.6 is 15.9 Å². The zero-order chi connectivity index (χ0) is 27.1. The molecule has 1 amide bonds. The highest BCUT2D eigenvalue weighted by molar-refractivity contribution is 9.12. The number of likely N-dealkylation sites (tertiary alicyclic amines) is 1. The summed E-state index contributed by atoms with van der Waals surface area (Å²) in [6.07, 6.45) is 17.5. The van der Waals surface area contributed by atoms with E-state index in [0.717, 1.165) is 53.8 Å². The average molecular weight is 579 g/mol. The van der Waals surface area contributed by atoms with Crippen LogP contribution in [0.2, 0.25) is 0 Å². The Morgan fingerprint density at radius 1 is 1.29 bits per heavy atom. The van der Waals surface area contributed by atoms with E-state index in [-0.39, 0.29) is 11.7 Å². The van der Waals surface area contributed by atoms with Gasteiger partial charge < -0.3 is 15.1 Å². The van der Waals surface area contributed by atoms with Gasteiger partial charge in [-0.15, -0.1) is 0 Å². The van der Waals surface area contributed by atoms with Gasteiger partial charge in [-0.2, -0.15) is 5.10 Å². The Kier molecular flexibility index (Phi) is 9.06. The summed E-state index contributed by atoms with van der Waals surface area (Å²) in [5, 5.41) is 4.49. The monoisotopic (exact) mass is 577 g/mol. The molecule has 0 aliphatic carbocycles. The van der Waals surface area contributed by atoms with Crippen LogP contribution in [0.1, 0.15) is 54.4 Å². The third-order valence-corrected chi connectivity index (χ3v) is 7.48. The second-order valence-corrected chi connectivity index (χ2v) is 9.85. The fourth-order valence-corrected chi connectivity index (χ4v) is 4.94. The van der Waals surface area contributed by atoms with Gasteiger partial charge in [0.15, 0.2) is 6.39 Å².